The maximum Gasteiger partial charge on any atom is 0.156 e. The summed E-state index contributed by atoms with van der Waals surface area (Å²) in [5, 5.41) is 0.470. The number of hydrogen-bond acceptors (Lipinski definition) is 3. The molecule has 0 radical (unpaired) electrons. The molecule has 6 heteroatoms. The van der Waals surface area contributed by atoms with Gasteiger partial charge < -0.3 is 4.74 Å². The van der Waals surface area contributed by atoms with E-state index in [-0.39, 0.29) is 18.1 Å². The molecule has 0 atom stereocenters. The Labute approximate surface area is 112 Å². The number of hydrogen-bond donors (Lipinski definition) is 0. The highest BCUT2D eigenvalue weighted by Gasteiger charge is 2.13. The molecule has 0 heterocycles. The minimum absolute atomic E-state index is 0.0187. The second-order valence-corrected chi connectivity index (χ2v) is 6.45. The van der Waals surface area contributed by atoms with E-state index in [9.17, 15) is 8.42 Å². The van der Waals surface area contributed by atoms with Gasteiger partial charge in [-0.3, -0.25) is 0 Å². The zero-order chi connectivity index (χ0) is 12.7. The lowest BCUT2D eigenvalue weighted by Crippen LogP contribution is -2.15. The summed E-state index contributed by atoms with van der Waals surface area (Å²) in [5.41, 5.74) is 0.617. The molecular weight excluding hydrogens is 283 g/mol. The lowest BCUT2D eigenvalue weighted by Gasteiger charge is -2.06. The third-order valence-corrected chi connectivity index (χ3v) is 4.16. The van der Waals surface area contributed by atoms with Crippen LogP contribution in [-0.4, -0.2) is 33.3 Å². The van der Waals surface area contributed by atoms with Gasteiger partial charge in [-0.2, -0.15) is 0 Å². The SMILES string of the molecule is O=S(=O)(CCOCCCl)Cc1ccccc1Cl. The van der Waals surface area contributed by atoms with Crippen molar-refractivity contribution in [1.82, 2.24) is 0 Å². The number of rotatable bonds is 7. The van der Waals surface area contributed by atoms with Crippen molar-refractivity contribution in [3.8, 4) is 0 Å². The topological polar surface area (TPSA) is 43.4 Å². The zero-order valence-electron chi connectivity index (χ0n) is 9.23. The van der Waals surface area contributed by atoms with Crippen molar-refractivity contribution in [2.75, 3.05) is 24.8 Å². The summed E-state index contributed by atoms with van der Waals surface area (Å²) in [6.45, 7) is 0.530. The summed E-state index contributed by atoms with van der Waals surface area (Å²) in [6, 6.07) is 6.92. The lowest BCUT2D eigenvalue weighted by atomic mass is 10.2. The van der Waals surface area contributed by atoms with Crippen LogP contribution in [0.5, 0.6) is 0 Å². The van der Waals surface area contributed by atoms with Crippen LogP contribution in [0.1, 0.15) is 5.56 Å². The van der Waals surface area contributed by atoms with Gasteiger partial charge >= 0.3 is 0 Å². The van der Waals surface area contributed by atoms with E-state index in [0.717, 1.165) is 0 Å². The van der Waals surface area contributed by atoms with Gasteiger partial charge in [0, 0.05) is 10.9 Å². The molecule has 0 aliphatic carbocycles. The van der Waals surface area contributed by atoms with Crippen LogP contribution in [0.4, 0.5) is 0 Å². The van der Waals surface area contributed by atoms with E-state index in [1.54, 1.807) is 24.3 Å². The van der Waals surface area contributed by atoms with Crippen LogP contribution < -0.4 is 0 Å². The standard InChI is InChI=1S/C11H14Cl2O3S/c12-5-6-16-7-8-17(14,15)9-10-3-1-2-4-11(10)13/h1-4H,5-9H2. The van der Waals surface area contributed by atoms with E-state index >= 15 is 0 Å². The summed E-state index contributed by atoms with van der Waals surface area (Å²) in [5.74, 6) is 0.288. The second kappa shape index (κ2) is 7.21. The molecule has 0 aromatic heterocycles. The average Bonchev–Trinajstić information content (AvgIpc) is 2.28. The van der Waals surface area contributed by atoms with Crippen LogP contribution in [0.15, 0.2) is 24.3 Å². The molecule has 0 fully saturated rings. The molecule has 1 rings (SSSR count). The summed E-state index contributed by atoms with van der Waals surface area (Å²) in [7, 11) is -3.19. The first-order chi connectivity index (χ1) is 8.05. The maximum absolute atomic E-state index is 11.7. The lowest BCUT2D eigenvalue weighted by molar-refractivity contribution is 0.165. The van der Waals surface area contributed by atoms with Crippen LogP contribution in [0.3, 0.4) is 0 Å². The smallest absolute Gasteiger partial charge is 0.156 e. The van der Waals surface area contributed by atoms with Gasteiger partial charge in [0.1, 0.15) is 0 Å². The Bertz CT molecular complexity index is 446. The van der Waals surface area contributed by atoms with Crippen molar-refractivity contribution in [1.29, 1.82) is 0 Å². The second-order valence-electron chi connectivity index (χ2n) is 3.48. The van der Waals surface area contributed by atoms with Crippen molar-refractivity contribution < 1.29 is 13.2 Å². The number of benzene rings is 1. The predicted molar refractivity (Wildman–Crippen MR) is 70.5 cm³/mol. The number of halogens is 2. The molecule has 0 saturated heterocycles. The van der Waals surface area contributed by atoms with Crippen LogP contribution in [0.25, 0.3) is 0 Å². The van der Waals surface area contributed by atoms with Gasteiger partial charge in [0.2, 0.25) is 0 Å². The molecule has 0 saturated carbocycles. The Morgan fingerprint density at radius 2 is 1.88 bits per heavy atom. The summed E-state index contributed by atoms with van der Waals surface area (Å²) in [6.07, 6.45) is 0. The Morgan fingerprint density at radius 3 is 2.53 bits per heavy atom. The van der Waals surface area contributed by atoms with Gasteiger partial charge in [0.05, 0.1) is 24.7 Å². The molecule has 0 bridgehead atoms. The fraction of sp³-hybridized carbons (Fsp3) is 0.455. The summed E-state index contributed by atoms with van der Waals surface area (Å²) < 4.78 is 28.5. The van der Waals surface area contributed by atoms with Crippen molar-refractivity contribution in [2.45, 2.75) is 5.75 Å². The molecule has 1 aromatic carbocycles. The Morgan fingerprint density at radius 1 is 1.18 bits per heavy atom. The van der Waals surface area contributed by atoms with Crippen LogP contribution in [0, 0.1) is 0 Å². The Hall–Kier alpha value is -0.290. The molecule has 0 aliphatic heterocycles. The first kappa shape index (κ1) is 14.8. The van der Waals surface area contributed by atoms with Crippen LogP contribution in [0.2, 0.25) is 5.02 Å². The molecule has 0 N–H and O–H groups in total. The highest BCUT2D eigenvalue weighted by Crippen LogP contribution is 2.17. The first-order valence-electron chi connectivity index (χ1n) is 5.13. The number of ether oxygens (including phenoxy) is 1. The van der Waals surface area contributed by atoms with Gasteiger partial charge in [-0.1, -0.05) is 29.8 Å². The Balaban J connectivity index is 2.52. The van der Waals surface area contributed by atoms with E-state index in [4.69, 9.17) is 27.9 Å². The highest BCUT2D eigenvalue weighted by molar-refractivity contribution is 7.90. The van der Waals surface area contributed by atoms with Crippen molar-refractivity contribution in [2.24, 2.45) is 0 Å². The Kier molecular flexibility index (Phi) is 6.27. The van der Waals surface area contributed by atoms with E-state index in [2.05, 4.69) is 0 Å². The molecule has 1 aromatic rings. The van der Waals surface area contributed by atoms with E-state index in [0.29, 0.717) is 23.1 Å². The summed E-state index contributed by atoms with van der Waals surface area (Å²) in [4.78, 5) is 0. The number of alkyl halides is 1. The molecule has 0 amide bonds. The molecule has 17 heavy (non-hydrogen) atoms. The monoisotopic (exact) mass is 296 g/mol. The quantitative estimate of drug-likeness (QED) is 0.574. The fourth-order valence-corrected chi connectivity index (χ4v) is 2.90. The molecule has 0 aliphatic rings. The third kappa shape index (κ3) is 5.73. The largest absolute Gasteiger partial charge is 0.379 e. The van der Waals surface area contributed by atoms with Gasteiger partial charge in [-0.25, -0.2) is 8.42 Å². The first-order valence-corrected chi connectivity index (χ1v) is 7.86. The van der Waals surface area contributed by atoms with Gasteiger partial charge in [0.25, 0.3) is 0 Å². The van der Waals surface area contributed by atoms with Crippen LogP contribution >= 0.6 is 23.2 Å². The summed E-state index contributed by atoms with van der Waals surface area (Å²) >= 11 is 11.3. The van der Waals surface area contributed by atoms with E-state index < -0.39 is 9.84 Å². The van der Waals surface area contributed by atoms with Crippen molar-refractivity contribution in [3.63, 3.8) is 0 Å². The van der Waals surface area contributed by atoms with E-state index in [1.165, 1.54) is 0 Å². The van der Waals surface area contributed by atoms with E-state index in [1.807, 2.05) is 0 Å². The minimum atomic E-state index is -3.19. The van der Waals surface area contributed by atoms with Gasteiger partial charge in [-0.05, 0) is 11.6 Å². The fourth-order valence-electron chi connectivity index (χ4n) is 1.27. The van der Waals surface area contributed by atoms with Crippen LogP contribution in [-0.2, 0) is 20.3 Å². The zero-order valence-corrected chi connectivity index (χ0v) is 11.6. The molecule has 0 unspecified atom stereocenters. The van der Waals surface area contributed by atoms with Gasteiger partial charge in [-0.15, -0.1) is 11.6 Å². The molecule has 96 valence electrons. The predicted octanol–water partition coefficient (Wildman–Crippen LogP) is 2.51. The minimum Gasteiger partial charge on any atom is -0.379 e. The van der Waals surface area contributed by atoms with Crippen molar-refractivity contribution in [3.05, 3.63) is 34.9 Å². The number of sulfone groups is 1. The molecule has 3 nitrogen and oxygen atoms in total. The van der Waals surface area contributed by atoms with Gasteiger partial charge in [0.15, 0.2) is 9.84 Å². The van der Waals surface area contributed by atoms with Crippen molar-refractivity contribution >= 4 is 33.0 Å². The molecule has 0 spiro atoms. The third-order valence-electron chi connectivity index (χ3n) is 2.09. The normalized spacial score (nSPS) is 11.6. The maximum atomic E-state index is 11.7. The molecular formula is C11H14Cl2O3S. The highest BCUT2D eigenvalue weighted by atomic mass is 35.5. The average molecular weight is 297 g/mol.